The van der Waals surface area contributed by atoms with Crippen molar-refractivity contribution in [2.45, 2.75) is 39.5 Å². The fourth-order valence-electron chi connectivity index (χ4n) is 2.73. The van der Waals surface area contributed by atoms with E-state index in [0.717, 1.165) is 30.6 Å². The number of unbranched alkanes of at least 4 members (excludes halogenated alkanes) is 1. The van der Waals surface area contributed by atoms with E-state index in [-0.39, 0.29) is 24.3 Å². The highest BCUT2D eigenvalue weighted by atomic mass is 16.2. The third kappa shape index (κ3) is 7.95. The summed E-state index contributed by atoms with van der Waals surface area (Å²) in [6, 6.07) is 14.0. The fourth-order valence-corrected chi connectivity index (χ4v) is 2.73. The summed E-state index contributed by atoms with van der Waals surface area (Å²) in [6.45, 7) is 4.73. The fraction of sp³-hybridized carbons (Fsp3) is 0.348. The number of anilines is 3. The molecule has 2 aromatic rings. The predicted molar refractivity (Wildman–Crippen MR) is 121 cm³/mol. The first-order valence-corrected chi connectivity index (χ1v) is 10.3. The van der Waals surface area contributed by atoms with Gasteiger partial charge in [0.15, 0.2) is 0 Å². The van der Waals surface area contributed by atoms with Crippen LogP contribution in [-0.2, 0) is 9.59 Å². The first kappa shape index (κ1) is 22.9. The van der Waals surface area contributed by atoms with Gasteiger partial charge in [-0.15, -0.1) is 0 Å². The molecule has 0 heterocycles. The number of rotatable bonds is 11. The minimum absolute atomic E-state index is 0.0149. The zero-order chi connectivity index (χ0) is 21.8. The van der Waals surface area contributed by atoms with Gasteiger partial charge >= 0.3 is 0 Å². The summed E-state index contributed by atoms with van der Waals surface area (Å²) in [5, 5.41) is 11.5. The monoisotopic (exact) mass is 410 g/mol. The van der Waals surface area contributed by atoms with Crippen LogP contribution in [0.4, 0.5) is 17.1 Å². The second-order valence-electron chi connectivity index (χ2n) is 6.97. The quantitative estimate of drug-likeness (QED) is 0.421. The molecule has 7 heteroatoms. The minimum atomic E-state index is -0.223. The van der Waals surface area contributed by atoms with Crippen LogP contribution in [0.3, 0.4) is 0 Å². The van der Waals surface area contributed by atoms with E-state index in [4.69, 9.17) is 0 Å². The van der Waals surface area contributed by atoms with E-state index in [9.17, 15) is 14.4 Å². The van der Waals surface area contributed by atoms with Crippen molar-refractivity contribution in [3.8, 4) is 0 Å². The number of carbonyl (C=O) groups is 3. The molecule has 30 heavy (non-hydrogen) atoms. The summed E-state index contributed by atoms with van der Waals surface area (Å²) in [6.07, 6.45) is 3.23. The molecule has 160 valence electrons. The summed E-state index contributed by atoms with van der Waals surface area (Å²) in [5.41, 5.74) is 2.57. The van der Waals surface area contributed by atoms with E-state index in [2.05, 4.69) is 28.2 Å². The van der Waals surface area contributed by atoms with Gasteiger partial charge in [0, 0.05) is 35.6 Å². The molecule has 0 aromatic heterocycles. The van der Waals surface area contributed by atoms with Gasteiger partial charge in [0.2, 0.25) is 11.8 Å². The van der Waals surface area contributed by atoms with Crippen molar-refractivity contribution >= 4 is 34.8 Å². The number of hydrogen-bond donors (Lipinski definition) is 4. The van der Waals surface area contributed by atoms with Crippen molar-refractivity contribution in [1.82, 2.24) is 5.32 Å². The second kappa shape index (κ2) is 12.3. The molecule has 0 bridgehead atoms. The van der Waals surface area contributed by atoms with Crippen molar-refractivity contribution in [2.24, 2.45) is 0 Å². The Hall–Kier alpha value is -3.35. The smallest absolute Gasteiger partial charge is 0.251 e. The van der Waals surface area contributed by atoms with Crippen molar-refractivity contribution in [3.05, 3.63) is 54.1 Å². The lowest BCUT2D eigenvalue weighted by atomic mass is 10.2. The van der Waals surface area contributed by atoms with Gasteiger partial charge in [-0.3, -0.25) is 14.4 Å². The van der Waals surface area contributed by atoms with Crippen molar-refractivity contribution < 1.29 is 14.4 Å². The van der Waals surface area contributed by atoms with Crippen LogP contribution in [0.5, 0.6) is 0 Å². The Balaban J connectivity index is 1.82. The summed E-state index contributed by atoms with van der Waals surface area (Å²) in [7, 11) is 0. The molecule has 3 amide bonds. The van der Waals surface area contributed by atoms with Crippen molar-refractivity contribution in [1.29, 1.82) is 0 Å². The molecule has 2 rings (SSSR count). The zero-order valence-electron chi connectivity index (χ0n) is 17.6. The van der Waals surface area contributed by atoms with Gasteiger partial charge in [-0.2, -0.15) is 0 Å². The molecule has 0 aliphatic carbocycles. The normalized spacial score (nSPS) is 10.2. The Morgan fingerprint density at radius 3 is 2.20 bits per heavy atom. The summed E-state index contributed by atoms with van der Waals surface area (Å²) >= 11 is 0. The summed E-state index contributed by atoms with van der Waals surface area (Å²) in [5.74, 6) is -0.387. The maximum Gasteiger partial charge on any atom is 0.251 e. The highest BCUT2D eigenvalue weighted by molar-refractivity contribution is 5.98. The van der Waals surface area contributed by atoms with Crippen molar-refractivity contribution in [3.63, 3.8) is 0 Å². The Labute approximate surface area is 177 Å². The molecule has 2 aromatic carbocycles. The van der Waals surface area contributed by atoms with Gasteiger partial charge in [-0.05, 0) is 55.3 Å². The maximum atomic E-state index is 12.2. The third-order valence-corrected chi connectivity index (χ3v) is 4.32. The summed E-state index contributed by atoms with van der Waals surface area (Å²) < 4.78 is 0. The molecule has 4 N–H and O–H groups in total. The third-order valence-electron chi connectivity index (χ3n) is 4.32. The molecule has 7 nitrogen and oxygen atoms in total. The maximum absolute atomic E-state index is 12.2. The number of carbonyl (C=O) groups excluding carboxylic acids is 3. The minimum Gasteiger partial charge on any atom is -0.376 e. The van der Waals surface area contributed by atoms with Crippen LogP contribution in [0.15, 0.2) is 48.5 Å². The van der Waals surface area contributed by atoms with E-state index in [1.54, 1.807) is 48.5 Å². The molecule has 0 fully saturated rings. The number of nitrogens with one attached hydrogen (secondary N) is 4. The van der Waals surface area contributed by atoms with E-state index >= 15 is 0 Å². The first-order valence-electron chi connectivity index (χ1n) is 10.3. The first-order chi connectivity index (χ1) is 14.5. The second-order valence-corrected chi connectivity index (χ2v) is 6.97. The van der Waals surface area contributed by atoms with Crippen LogP contribution < -0.4 is 21.3 Å². The Bertz CT molecular complexity index is 850. The van der Waals surface area contributed by atoms with Crippen molar-refractivity contribution in [2.75, 3.05) is 29.0 Å². The SMILES string of the molecule is CCCCNC(=O)c1cccc(NC(=O)CNc2ccc(NC(=O)CCC)cc2)c1. The highest BCUT2D eigenvalue weighted by Crippen LogP contribution is 2.14. The van der Waals surface area contributed by atoms with Crippen LogP contribution in [0.1, 0.15) is 49.9 Å². The van der Waals surface area contributed by atoms with E-state index in [1.165, 1.54) is 0 Å². The molecule has 0 saturated carbocycles. The molecule has 0 aliphatic rings. The average molecular weight is 411 g/mol. The molecule has 0 aliphatic heterocycles. The van der Waals surface area contributed by atoms with E-state index in [1.807, 2.05) is 6.92 Å². The van der Waals surface area contributed by atoms with Gasteiger partial charge in [-0.25, -0.2) is 0 Å². The molecule has 0 spiro atoms. The predicted octanol–water partition coefficient (Wildman–Crippen LogP) is 4.01. The largest absolute Gasteiger partial charge is 0.376 e. The Morgan fingerprint density at radius 1 is 0.800 bits per heavy atom. The number of benzene rings is 2. The number of amides is 3. The molecule has 0 saturated heterocycles. The lowest BCUT2D eigenvalue weighted by Gasteiger charge is -2.10. The molecule has 0 radical (unpaired) electrons. The van der Waals surface area contributed by atoms with Gasteiger partial charge in [0.05, 0.1) is 6.54 Å². The van der Waals surface area contributed by atoms with Crippen LogP contribution >= 0.6 is 0 Å². The Morgan fingerprint density at radius 2 is 1.50 bits per heavy atom. The lowest BCUT2D eigenvalue weighted by molar-refractivity contribution is -0.116. The van der Waals surface area contributed by atoms with E-state index in [0.29, 0.717) is 24.2 Å². The topological polar surface area (TPSA) is 99.3 Å². The summed E-state index contributed by atoms with van der Waals surface area (Å²) in [4.78, 5) is 36.0. The van der Waals surface area contributed by atoms with E-state index < -0.39 is 0 Å². The molecule has 0 unspecified atom stereocenters. The van der Waals surface area contributed by atoms with Crippen LogP contribution in [-0.4, -0.2) is 30.8 Å². The van der Waals surface area contributed by atoms with Gasteiger partial charge in [0.25, 0.3) is 5.91 Å². The van der Waals surface area contributed by atoms with Gasteiger partial charge in [0.1, 0.15) is 0 Å². The average Bonchev–Trinajstić information content (AvgIpc) is 2.74. The van der Waals surface area contributed by atoms with Gasteiger partial charge < -0.3 is 21.3 Å². The molecular formula is C23H30N4O3. The van der Waals surface area contributed by atoms with Crippen LogP contribution in [0.25, 0.3) is 0 Å². The van der Waals surface area contributed by atoms with Crippen LogP contribution in [0.2, 0.25) is 0 Å². The lowest BCUT2D eigenvalue weighted by Crippen LogP contribution is -2.25. The molecule has 0 atom stereocenters. The number of hydrogen-bond acceptors (Lipinski definition) is 4. The Kier molecular flexibility index (Phi) is 9.37. The highest BCUT2D eigenvalue weighted by Gasteiger charge is 2.08. The zero-order valence-corrected chi connectivity index (χ0v) is 17.6. The van der Waals surface area contributed by atoms with Crippen LogP contribution in [0, 0.1) is 0 Å². The molecular weight excluding hydrogens is 380 g/mol. The van der Waals surface area contributed by atoms with Gasteiger partial charge in [-0.1, -0.05) is 26.3 Å². The standard InChI is InChI=1S/C23H30N4O3/c1-3-5-14-24-23(30)17-8-6-9-20(15-17)27-22(29)16-25-18-10-12-19(13-11-18)26-21(28)7-4-2/h6,8-13,15,25H,3-5,7,14,16H2,1-2H3,(H,24,30)(H,26,28)(H,27,29).